The molecule has 0 aliphatic carbocycles. The third-order valence-electron chi connectivity index (χ3n) is 3.82. The smallest absolute Gasteiger partial charge is 0.119 e. The fourth-order valence-corrected chi connectivity index (χ4v) is 2.60. The average molecular weight is 274 g/mol. The van der Waals surface area contributed by atoms with Gasteiger partial charge in [0.2, 0.25) is 0 Å². The number of likely N-dealkylation sites (tertiary alicyclic amines) is 1. The molecule has 1 unspecified atom stereocenters. The van der Waals surface area contributed by atoms with Crippen LogP contribution in [0.1, 0.15) is 25.3 Å². The molecule has 1 heterocycles. The lowest BCUT2D eigenvalue weighted by atomic mass is 10.2. The van der Waals surface area contributed by atoms with Crippen molar-refractivity contribution in [1.82, 2.24) is 10.2 Å². The minimum absolute atomic E-state index is 0.560. The summed E-state index contributed by atoms with van der Waals surface area (Å²) >= 11 is 0. The highest BCUT2D eigenvalue weighted by atomic mass is 16.5. The van der Waals surface area contributed by atoms with E-state index in [1.165, 1.54) is 31.5 Å². The highest BCUT2D eigenvalue weighted by Gasteiger charge is 2.17. The zero-order chi connectivity index (χ0) is 14.2. The minimum atomic E-state index is 0.560. The van der Waals surface area contributed by atoms with E-state index in [1.54, 1.807) is 6.08 Å². The van der Waals surface area contributed by atoms with E-state index >= 15 is 0 Å². The summed E-state index contributed by atoms with van der Waals surface area (Å²) < 4.78 is 5.48. The maximum Gasteiger partial charge on any atom is 0.119 e. The summed E-state index contributed by atoms with van der Waals surface area (Å²) in [4.78, 5) is 2.57. The Balaban J connectivity index is 1.69. The third kappa shape index (κ3) is 4.66. The Morgan fingerprint density at radius 2 is 2.00 bits per heavy atom. The van der Waals surface area contributed by atoms with E-state index in [4.69, 9.17) is 4.74 Å². The molecule has 1 aliphatic rings. The molecule has 1 aliphatic heterocycles. The number of ether oxygens (including phenoxy) is 1. The predicted octanol–water partition coefficient (Wildman–Crippen LogP) is 2.83. The van der Waals surface area contributed by atoms with E-state index in [9.17, 15) is 0 Å². The van der Waals surface area contributed by atoms with Gasteiger partial charge in [0.25, 0.3) is 0 Å². The van der Waals surface area contributed by atoms with Gasteiger partial charge in [0.1, 0.15) is 12.4 Å². The molecule has 1 aromatic rings. The number of nitrogens with one attached hydrogen (secondary N) is 1. The van der Waals surface area contributed by atoms with Crippen LogP contribution in [0.4, 0.5) is 0 Å². The number of nitrogens with zero attached hydrogens (tertiary/aromatic N) is 1. The molecule has 0 bridgehead atoms. The first-order chi connectivity index (χ1) is 9.79. The van der Waals surface area contributed by atoms with E-state index in [0.717, 1.165) is 18.8 Å². The van der Waals surface area contributed by atoms with Crippen molar-refractivity contribution in [3.63, 3.8) is 0 Å². The van der Waals surface area contributed by atoms with Crippen molar-refractivity contribution in [3.8, 4) is 5.75 Å². The van der Waals surface area contributed by atoms with E-state index < -0.39 is 0 Å². The highest BCUT2D eigenvalue weighted by molar-refractivity contribution is 5.27. The van der Waals surface area contributed by atoms with Crippen molar-refractivity contribution in [2.75, 3.05) is 26.2 Å². The summed E-state index contributed by atoms with van der Waals surface area (Å²) in [6.45, 7) is 11.0. The van der Waals surface area contributed by atoms with Crippen LogP contribution in [0.25, 0.3) is 0 Å². The van der Waals surface area contributed by atoms with Crippen LogP contribution in [0.2, 0.25) is 0 Å². The summed E-state index contributed by atoms with van der Waals surface area (Å²) in [5.41, 5.74) is 1.30. The predicted molar refractivity (Wildman–Crippen MR) is 84.1 cm³/mol. The Hall–Kier alpha value is -1.32. The lowest BCUT2D eigenvalue weighted by Crippen LogP contribution is -2.38. The minimum Gasteiger partial charge on any atom is -0.490 e. The van der Waals surface area contributed by atoms with Crippen LogP contribution in [0, 0.1) is 0 Å². The Kier molecular flexibility index (Phi) is 6.09. The third-order valence-corrected chi connectivity index (χ3v) is 3.82. The fraction of sp³-hybridized carbons (Fsp3) is 0.529. The second-order valence-corrected chi connectivity index (χ2v) is 5.47. The summed E-state index contributed by atoms with van der Waals surface area (Å²) in [6, 6.07) is 8.90. The van der Waals surface area contributed by atoms with Gasteiger partial charge in [0, 0.05) is 19.1 Å². The molecule has 0 aromatic heterocycles. The van der Waals surface area contributed by atoms with Crippen LogP contribution in [0.3, 0.4) is 0 Å². The van der Waals surface area contributed by atoms with Crippen LogP contribution in [-0.4, -0.2) is 37.2 Å². The van der Waals surface area contributed by atoms with Gasteiger partial charge < -0.3 is 10.1 Å². The van der Waals surface area contributed by atoms with Gasteiger partial charge in [0.05, 0.1) is 0 Å². The molecule has 0 spiro atoms. The molecule has 1 N–H and O–H groups in total. The first-order valence-corrected chi connectivity index (χ1v) is 7.57. The van der Waals surface area contributed by atoms with Crippen molar-refractivity contribution in [3.05, 3.63) is 42.5 Å². The van der Waals surface area contributed by atoms with Crippen molar-refractivity contribution >= 4 is 0 Å². The van der Waals surface area contributed by atoms with Crippen LogP contribution in [0.5, 0.6) is 5.75 Å². The molecular formula is C17H26N2O. The van der Waals surface area contributed by atoms with E-state index in [-0.39, 0.29) is 0 Å². The second kappa shape index (κ2) is 8.08. The number of hydrogen-bond donors (Lipinski definition) is 1. The van der Waals surface area contributed by atoms with Gasteiger partial charge in [0.15, 0.2) is 0 Å². The molecule has 0 radical (unpaired) electrons. The Morgan fingerprint density at radius 3 is 2.65 bits per heavy atom. The van der Waals surface area contributed by atoms with Gasteiger partial charge in [-0.15, -0.1) is 0 Å². The van der Waals surface area contributed by atoms with Gasteiger partial charge >= 0.3 is 0 Å². The standard InChI is InChI=1S/C17H26N2O/c1-3-12-20-17-8-6-16(7-9-17)14-18-13-15(2)19-10-4-5-11-19/h3,6-9,15,18H,1,4-5,10-14H2,2H3. The van der Waals surface area contributed by atoms with Gasteiger partial charge in [-0.1, -0.05) is 24.8 Å². The summed E-state index contributed by atoms with van der Waals surface area (Å²) in [5.74, 6) is 0.902. The van der Waals surface area contributed by atoms with Crippen molar-refractivity contribution < 1.29 is 4.74 Å². The zero-order valence-corrected chi connectivity index (χ0v) is 12.5. The second-order valence-electron chi connectivity index (χ2n) is 5.47. The average Bonchev–Trinajstić information content (AvgIpc) is 3.00. The Labute approximate surface area is 122 Å². The van der Waals surface area contributed by atoms with Crippen molar-refractivity contribution in [2.45, 2.75) is 32.4 Å². The van der Waals surface area contributed by atoms with Crippen LogP contribution in [0.15, 0.2) is 36.9 Å². The lowest BCUT2D eigenvalue weighted by molar-refractivity contribution is 0.251. The fourth-order valence-electron chi connectivity index (χ4n) is 2.60. The molecule has 110 valence electrons. The molecule has 1 fully saturated rings. The molecule has 1 saturated heterocycles. The van der Waals surface area contributed by atoms with E-state index in [0.29, 0.717) is 12.6 Å². The van der Waals surface area contributed by atoms with Gasteiger partial charge in [-0.05, 0) is 50.6 Å². The molecule has 3 heteroatoms. The topological polar surface area (TPSA) is 24.5 Å². The molecule has 0 saturated carbocycles. The van der Waals surface area contributed by atoms with Gasteiger partial charge in [-0.3, -0.25) is 4.90 Å². The monoisotopic (exact) mass is 274 g/mol. The van der Waals surface area contributed by atoms with Gasteiger partial charge in [-0.25, -0.2) is 0 Å². The number of rotatable bonds is 8. The summed E-state index contributed by atoms with van der Waals surface area (Å²) in [7, 11) is 0. The zero-order valence-electron chi connectivity index (χ0n) is 12.5. The summed E-state index contributed by atoms with van der Waals surface area (Å²) in [5, 5.41) is 3.54. The molecule has 1 aromatic carbocycles. The summed E-state index contributed by atoms with van der Waals surface area (Å²) in [6.07, 6.45) is 4.47. The molecule has 2 rings (SSSR count). The van der Waals surface area contributed by atoms with E-state index in [1.807, 2.05) is 12.1 Å². The lowest BCUT2D eigenvalue weighted by Gasteiger charge is -2.24. The van der Waals surface area contributed by atoms with Crippen molar-refractivity contribution in [2.24, 2.45) is 0 Å². The first kappa shape index (κ1) is 15.1. The largest absolute Gasteiger partial charge is 0.490 e. The Morgan fingerprint density at radius 1 is 1.30 bits per heavy atom. The maximum absolute atomic E-state index is 5.48. The van der Waals surface area contributed by atoms with Gasteiger partial charge in [-0.2, -0.15) is 0 Å². The molecule has 0 amide bonds. The van der Waals surface area contributed by atoms with Crippen LogP contribution in [-0.2, 0) is 6.54 Å². The first-order valence-electron chi connectivity index (χ1n) is 7.57. The maximum atomic E-state index is 5.48. The normalized spacial score (nSPS) is 17.1. The highest BCUT2D eigenvalue weighted by Crippen LogP contribution is 2.13. The Bertz CT molecular complexity index is 396. The molecule has 3 nitrogen and oxygen atoms in total. The molecule has 1 atom stereocenters. The quantitative estimate of drug-likeness (QED) is 0.738. The number of hydrogen-bond acceptors (Lipinski definition) is 3. The van der Waals surface area contributed by atoms with Crippen LogP contribution >= 0.6 is 0 Å². The van der Waals surface area contributed by atoms with Crippen molar-refractivity contribution in [1.29, 1.82) is 0 Å². The van der Waals surface area contributed by atoms with E-state index in [2.05, 4.69) is 35.9 Å². The molecular weight excluding hydrogens is 248 g/mol. The molecule has 20 heavy (non-hydrogen) atoms. The SMILES string of the molecule is C=CCOc1ccc(CNCC(C)N2CCCC2)cc1. The van der Waals surface area contributed by atoms with Crippen LogP contribution < -0.4 is 10.1 Å². The number of benzene rings is 1.